The van der Waals surface area contributed by atoms with Crippen molar-refractivity contribution >= 4 is 11.4 Å². The Morgan fingerprint density at radius 2 is 2.00 bits per heavy atom. The average molecular weight is 264 g/mol. The molecule has 0 heterocycles. The maximum atomic E-state index is 11.1. The first-order chi connectivity index (χ1) is 9.10. The van der Waals surface area contributed by atoms with E-state index in [4.69, 9.17) is 0 Å². The Labute approximate surface area is 115 Å². The summed E-state index contributed by atoms with van der Waals surface area (Å²) in [7, 11) is 0. The molecule has 4 nitrogen and oxygen atoms in total. The van der Waals surface area contributed by atoms with E-state index >= 15 is 0 Å². The second kappa shape index (κ2) is 7.77. The van der Waals surface area contributed by atoms with Crippen molar-refractivity contribution in [2.75, 3.05) is 5.32 Å². The van der Waals surface area contributed by atoms with Gasteiger partial charge < -0.3 is 5.32 Å². The maximum absolute atomic E-state index is 11.1. The molecule has 0 aliphatic carbocycles. The minimum absolute atomic E-state index is 0.178. The lowest BCUT2D eigenvalue weighted by molar-refractivity contribution is -0.384. The summed E-state index contributed by atoms with van der Waals surface area (Å²) in [4.78, 5) is 10.8. The molecular formula is C15H24N2O2. The van der Waals surface area contributed by atoms with Crippen molar-refractivity contribution in [3.8, 4) is 0 Å². The molecule has 0 saturated carbocycles. The molecule has 4 heteroatoms. The number of aryl methyl sites for hydroxylation is 1. The summed E-state index contributed by atoms with van der Waals surface area (Å²) < 4.78 is 0. The largest absolute Gasteiger partial charge is 0.377 e. The molecule has 1 N–H and O–H groups in total. The third-order valence-electron chi connectivity index (χ3n) is 3.34. The van der Waals surface area contributed by atoms with Crippen LogP contribution in [0.4, 0.5) is 11.4 Å². The average Bonchev–Trinajstić information content (AvgIpc) is 2.38. The molecule has 0 aliphatic rings. The molecule has 1 aromatic rings. The van der Waals surface area contributed by atoms with Gasteiger partial charge in [-0.05, 0) is 25.3 Å². The highest BCUT2D eigenvalue weighted by Crippen LogP contribution is 2.29. The van der Waals surface area contributed by atoms with E-state index < -0.39 is 0 Å². The van der Waals surface area contributed by atoms with Gasteiger partial charge in [-0.2, -0.15) is 0 Å². The lowest BCUT2D eigenvalue weighted by atomic mass is 10.0. The molecule has 1 atom stereocenters. The molecule has 106 valence electrons. The molecule has 1 unspecified atom stereocenters. The van der Waals surface area contributed by atoms with Crippen LogP contribution in [-0.4, -0.2) is 11.0 Å². The Bertz CT molecular complexity index is 419. The number of nitro groups is 1. The van der Waals surface area contributed by atoms with Crippen molar-refractivity contribution < 1.29 is 4.92 Å². The maximum Gasteiger partial charge on any atom is 0.292 e. The molecular weight excluding hydrogens is 240 g/mol. The van der Waals surface area contributed by atoms with E-state index in [-0.39, 0.29) is 10.6 Å². The Hall–Kier alpha value is -1.58. The van der Waals surface area contributed by atoms with Gasteiger partial charge in [-0.25, -0.2) is 0 Å². The molecule has 19 heavy (non-hydrogen) atoms. The van der Waals surface area contributed by atoms with E-state index in [1.54, 1.807) is 12.1 Å². The summed E-state index contributed by atoms with van der Waals surface area (Å²) in [5.74, 6) is 0. The highest BCUT2D eigenvalue weighted by atomic mass is 16.6. The van der Waals surface area contributed by atoms with E-state index in [0.29, 0.717) is 11.7 Å². The van der Waals surface area contributed by atoms with Crippen LogP contribution in [-0.2, 0) is 0 Å². The second-order valence-corrected chi connectivity index (χ2v) is 5.00. The zero-order chi connectivity index (χ0) is 14.3. The molecule has 1 rings (SSSR count). The number of unbranched alkanes of at least 4 members (excludes halogenated alkanes) is 1. The minimum atomic E-state index is -0.307. The number of hydrogen-bond donors (Lipinski definition) is 1. The van der Waals surface area contributed by atoms with Crippen LogP contribution in [0.3, 0.4) is 0 Å². The third-order valence-corrected chi connectivity index (χ3v) is 3.34. The predicted molar refractivity (Wildman–Crippen MR) is 79.7 cm³/mol. The minimum Gasteiger partial charge on any atom is -0.377 e. The Balaban J connectivity index is 2.91. The standard InChI is InChI=1S/C15H24N2O2/c1-4-6-10-13(8-5-2)16-15-12(3)9-7-11-14(15)17(18)19/h7,9,11,13,16H,4-6,8,10H2,1-3H3. The fourth-order valence-electron chi connectivity index (χ4n) is 2.28. The van der Waals surface area contributed by atoms with Gasteiger partial charge in [-0.3, -0.25) is 10.1 Å². The summed E-state index contributed by atoms with van der Waals surface area (Å²) >= 11 is 0. The number of benzene rings is 1. The van der Waals surface area contributed by atoms with Crippen molar-refractivity contribution in [1.29, 1.82) is 0 Å². The van der Waals surface area contributed by atoms with E-state index in [9.17, 15) is 10.1 Å². The van der Waals surface area contributed by atoms with Gasteiger partial charge in [0.05, 0.1) is 4.92 Å². The Morgan fingerprint density at radius 3 is 2.58 bits per heavy atom. The van der Waals surface area contributed by atoms with E-state index in [1.807, 2.05) is 13.0 Å². The van der Waals surface area contributed by atoms with Crippen LogP contribution >= 0.6 is 0 Å². The Kier molecular flexibility index (Phi) is 6.33. The van der Waals surface area contributed by atoms with Crippen LogP contribution in [0.25, 0.3) is 0 Å². The first kappa shape index (κ1) is 15.5. The highest BCUT2D eigenvalue weighted by molar-refractivity contribution is 5.66. The number of rotatable bonds is 8. The number of nitrogens with zero attached hydrogens (tertiary/aromatic N) is 1. The van der Waals surface area contributed by atoms with Crippen LogP contribution in [0.2, 0.25) is 0 Å². The van der Waals surface area contributed by atoms with Crippen molar-refractivity contribution in [2.45, 2.75) is 58.9 Å². The zero-order valence-corrected chi connectivity index (χ0v) is 12.1. The summed E-state index contributed by atoms with van der Waals surface area (Å²) in [5.41, 5.74) is 1.80. The van der Waals surface area contributed by atoms with Crippen molar-refractivity contribution in [3.05, 3.63) is 33.9 Å². The summed E-state index contributed by atoms with van der Waals surface area (Å²) in [6, 6.07) is 5.54. The molecule has 0 amide bonds. The van der Waals surface area contributed by atoms with Gasteiger partial charge in [0, 0.05) is 12.1 Å². The molecule has 1 aromatic carbocycles. The van der Waals surface area contributed by atoms with E-state index in [2.05, 4.69) is 19.2 Å². The molecule has 0 spiro atoms. The van der Waals surface area contributed by atoms with Crippen molar-refractivity contribution in [3.63, 3.8) is 0 Å². The first-order valence-corrected chi connectivity index (χ1v) is 7.10. The quantitative estimate of drug-likeness (QED) is 0.548. The van der Waals surface area contributed by atoms with Crippen LogP contribution in [0, 0.1) is 17.0 Å². The molecule has 0 saturated heterocycles. The van der Waals surface area contributed by atoms with Gasteiger partial charge in [0.2, 0.25) is 0 Å². The number of para-hydroxylation sites is 1. The zero-order valence-electron chi connectivity index (χ0n) is 12.1. The molecule has 0 bridgehead atoms. The first-order valence-electron chi connectivity index (χ1n) is 7.10. The number of hydrogen-bond acceptors (Lipinski definition) is 3. The van der Waals surface area contributed by atoms with Gasteiger partial charge >= 0.3 is 0 Å². The normalized spacial score (nSPS) is 12.2. The van der Waals surface area contributed by atoms with Crippen LogP contribution in [0.15, 0.2) is 18.2 Å². The van der Waals surface area contributed by atoms with Crippen LogP contribution < -0.4 is 5.32 Å². The number of anilines is 1. The lowest BCUT2D eigenvalue weighted by Gasteiger charge is -2.20. The number of nitro benzene ring substituents is 1. The van der Waals surface area contributed by atoms with Crippen LogP contribution in [0.5, 0.6) is 0 Å². The Morgan fingerprint density at radius 1 is 1.26 bits per heavy atom. The summed E-state index contributed by atoms with van der Waals surface area (Å²) in [6.07, 6.45) is 5.50. The summed E-state index contributed by atoms with van der Waals surface area (Å²) in [5, 5.41) is 14.5. The fraction of sp³-hybridized carbons (Fsp3) is 0.600. The van der Waals surface area contributed by atoms with Gasteiger partial charge in [0.25, 0.3) is 5.69 Å². The van der Waals surface area contributed by atoms with Gasteiger partial charge in [-0.1, -0.05) is 45.2 Å². The monoisotopic (exact) mass is 264 g/mol. The highest BCUT2D eigenvalue weighted by Gasteiger charge is 2.18. The molecule has 0 aliphatic heterocycles. The van der Waals surface area contributed by atoms with E-state index in [0.717, 1.165) is 37.7 Å². The molecule has 0 aromatic heterocycles. The topological polar surface area (TPSA) is 55.2 Å². The van der Waals surface area contributed by atoms with Gasteiger partial charge in [0.15, 0.2) is 0 Å². The van der Waals surface area contributed by atoms with E-state index in [1.165, 1.54) is 0 Å². The van der Waals surface area contributed by atoms with Crippen LogP contribution in [0.1, 0.15) is 51.5 Å². The molecule has 0 radical (unpaired) electrons. The summed E-state index contributed by atoms with van der Waals surface area (Å²) in [6.45, 7) is 6.23. The molecule has 0 fully saturated rings. The lowest BCUT2D eigenvalue weighted by Crippen LogP contribution is -2.20. The van der Waals surface area contributed by atoms with Crippen molar-refractivity contribution in [1.82, 2.24) is 0 Å². The third kappa shape index (κ3) is 4.54. The smallest absolute Gasteiger partial charge is 0.292 e. The van der Waals surface area contributed by atoms with Gasteiger partial charge in [-0.15, -0.1) is 0 Å². The second-order valence-electron chi connectivity index (χ2n) is 5.00. The van der Waals surface area contributed by atoms with Crippen molar-refractivity contribution in [2.24, 2.45) is 0 Å². The van der Waals surface area contributed by atoms with Gasteiger partial charge in [0.1, 0.15) is 5.69 Å². The predicted octanol–water partition coefficient (Wildman–Crippen LogP) is 4.67. The fourth-order valence-corrected chi connectivity index (χ4v) is 2.28. The number of nitrogens with one attached hydrogen (secondary N) is 1. The SMILES string of the molecule is CCCCC(CCC)Nc1c(C)cccc1[N+](=O)[O-].